The second-order valence-corrected chi connectivity index (χ2v) is 4.32. The summed E-state index contributed by atoms with van der Waals surface area (Å²) in [7, 11) is 0. The number of halogens is 3. The Balaban J connectivity index is 2.41. The number of hydrogen-bond donors (Lipinski definition) is 1. The topological polar surface area (TPSA) is 40.5 Å². The van der Waals surface area contributed by atoms with Gasteiger partial charge in [-0.2, -0.15) is 13.2 Å². The Morgan fingerprint density at radius 1 is 1.44 bits per heavy atom. The summed E-state index contributed by atoms with van der Waals surface area (Å²) in [5.41, 5.74) is 0. The van der Waals surface area contributed by atoms with E-state index in [1.165, 1.54) is 4.90 Å². The van der Waals surface area contributed by atoms with Gasteiger partial charge in [-0.15, -0.1) is 0 Å². The first kappa shape index (κ1) is 13.3. The van der Waals surface area contributed by atoms with E-state index in [-0.39, 0.29) is 0 Å². The summed E-state index contributed by atoms with van der Waals surface area (Å²) in [6, 6.07) is 0. The lowest BCUT2D eigenvalue weighted by Crippen LogP contribution is -2.41. The molecular weight excluding hydrogens is 223 g/mol. The smallest absolute Gasteiger partial charge is 0.383 e. The van der Waals surface area contributed by atoms with Gasteiger partial charge in [0.1, 0.15) is 0 Å². The molecule has 0 bridgehead atoms. The summed E-state index contributed by atoms with van der Waals surface area (Å²) in [5, 5.41) is 8.77. The van der Waals surface area contributed by atoms with Crippen LogP contribution in [0.4, 0.5) is 13.2 Å². The van der Waals surface area contributed by atoms with Crippen molar-refractivity contribution in [3.05, 3.63) is 0 Å². The number of carbonyl (C=O) groups is 1. The van der Waals surface area contributed by atoms with Crippen LogP contribution >= 0.6 is 0 Å². The van der Waals surface area contributed by atoms with Crippen molar-refractivity contribution in [3.63, 3.8) is 0 Å². The van der Waals surface area contributed by atoms with Gasteiger partial charge in [0.2, 0.25) is 5.91 Å². The van der Waals surface area contributed by atoms with E-state index in [0.717, 1.165) is 12.8 Å². The number of piperidine rings is 1. The first-order chi connectivity index (χ1) is 7.30. The molecule has 3 nitrogen and oxygen atoms in total. The van der Waals surface area contributed by atoms with Gasteiger partial charge in [-0.3, -0.25) is 4.79 Å². The van der Waals surface area contributed by atoms with Gasteiger partial charge in [-0.1, -0.05) is 6.92 Å². The Kier molecular flexibility index (Phi) is 4.18. The summed E-state index contributed by atoms with van der Waals surface area (Å²) in [5.74, 6) is -0.103. The summed E-state index contributed by atoms with van der Waals surface area (Å²) < 4.78 is 36.1. The fourth-order valence-corrected chi connectivity index (χ4v) is 1.67. The lowest BCUT2D eigenvalue weighted by Gasteiger charge is -2.31. The van der Waals surface area contributed by atoms with E-state index in [0.29, 0.717) is 19.0 Å². The third-order valence-corrected chi connectivity index (χ3v) is 2.88. The third kappa shape index (κ3) is 3.66. The number of alkyl halides is 3. The summed E-state index contributed by atoms with van der Waals surface area (Å²) >= 11 is 0. The predicted molar refractivity (Wildman–Crippen MR) is 51.7 cm³/mol. The normalized spacial score (nSPS) is 20.9. The van der Waals surface area contributed by atoms with E-state index in [9.17, 15) is 18.0 Å². The highest BCUT2D eigenvalue weighted by Gasteiger charge is 2.40. The Hall–Kier alpha value is -0.780. The van der Waals surface area contributed by atoms with Gasteiger partial charge in [0.25, 0.3) is 0 Å². The molecule has 0 spiro atoms. The standard InChI is InChI=1S/C10H16F3NO2/c1-7-2-4-14(5-3-7)9(16)6-8(15)10(11,12)13/h7-8,15H,2-6H2,1H3. The lowest BCUT2D eigenvalue weighted by molar-refractivity contribution is -0.207. The SMILES string of the molecule is CC1CCN(C(=O)CC(O)C(F)(F)F)CC1. The van der Waals surface area contributed by atoms with E-state index in [2.05, 4.69) is 0 Å². The van der Waals surface area contributed by atoms with Gasteiger partial charge in [-0.05, 0) is 18.8 Å². The number of hydrogen-bond acceptors (Lipinski definition) is 2. The first-order valence-corrected chi connectivity index (χ1v) is 5.33. The Morgan fingerprint density at radius 3 is 2.38 bits per heavy atom. The summed E-state index contributed by atoms with van der Waals surface area (Å²) in [4.78, 5) is 12.8. The Labute approximate surface area is 92.2 Å². The van der Waals surface area contributed by atoms with Crippen molar-refractivity contribution in [2.45, 2.75) is 38.5 Å². The molecule has 6 heteroatoms. The summed E-state index contributed by atoms with van der Waals surface area (Å²) in [6.45, 7) is 3.03. The second kappa shape index (κ2) is 5.03. The minimum absolute atomic E-state index is 0.491. The van der Waals surface area contributed by atoms with Gasteiger partial charge in [0, 0.05) is 13.1 Å². The van der Waals surface area contributed by atoms with Crippen molar-refractivity contribution in [3.8, 4) is 0 Å². The number of aliphatic hydroxyl groups excluding tert-OH is 1. The molecule has 0 radical (unpaired) electrons. The zero-order chi connectivity index (χ0) is 12.3. The molecule has 1 heterocycles. The van der Waals surface area contributed by atoms with Crippen molar-refractivity contribution in [2.75, 3.05) is 13.1 Å². The van der Waals surface area contributed by atoms with Gasteiger partial charge in [-0.25, -0.2) is 0 Å². The summed E-state index contributed by atoms with van der Waals surface area (Å²) in [6.07, 6.45) is -6.49. The van der Waals surface area contributed by atoms with Crippen molar-refractivity contribution >= 4 is 5.91 Å². The average molecular weight is 239 g/mol. The van der Waals surface area contributed by atoms with Gasteiger partial charge in [0.15, 0.2) is 6.10 Å². The minimum atomic E-state index is -4.71. The van der Waals surface area contributed by atoms with Crippen LogP contribution in [-0.2, 0) is 4.79 Å². The molecule has 1 N–H and O–H groups in total. The number of likely N-dealkylation sites (tertiary alicyclic amines) is 1. The highest BCUT2D eigenvalue weighted by molar-refractivity contribution is 5.76. The van der Waals surface area contributed by atoms with Gasteiger partial charge >= 0.3 is 6.18 Å². The molecule has 94 valence electrons. The fourth-order valence-electron chi connectivity index (χ4n) is 1.67. The van der Waals surface area contributed by atoms with Crippen LogP contribution in [0.25, 0.3) is 0 Å². The molecule has 1 unspecified atom stereocenters. The largest absolute Gasteiger partial charge is 0.414 e. The van der Waals surface area contributed by atoms with Gasteiger partial charge in [0.05, 0.1) is 6.42 Å². The lowest BCUT2D eigenvalue weighted by atomic mass is 9.99. The molecule has 0 aromatic heterocycles. The maximum Gasteiger partial charge on any atom is 0.414 e. The first-order valence-electron chi connectivity index (χ1n) is 5.33. The van der Waals surface area contributed by atoms with E-state index in [1.54, 1.807) is 0 Å². The molecule has 0 saturated carbocycles. The quantitative estimate of drug-likeness (QED) is 0.794. The molecule has 1 aliphatic rings. The number of aliphatic hydroxyl groups is 1. The average Bonchev–Trinajstić information content (AvgIpc) is 2.17. The van der Waals surface area contributed by atoms with Crippen molar-refractivity contribution < 1.29 is 23.1 Å². The van der Waals surface area contributed by atoms with E-state index < -0.39 is 24.6 Å². The zero-order valence-electron chi connectivity index (χ0n) is 9.13. The maximum absolute atomic E-state index is 12.0. The van der Waals surface area contributed by atoms with E-state index in [4.69, 9.17) is 5.11 Å². The van der Waals surface area contributed by atoms with E-state index >= 15 is 0 Å². The minimum Gasteiger partial charge on any atom is -0.383 e. The second-order valence-electron chi connectivity index (χ2n) is 4.32. The fraction of sp³-hybridized carbons (Fsp3) is 0.900. The van der Waals surface area contributed by atoms with E-state index in [1.807, 2.05) is 6.92 Å². The highest BCUT2D eigenvalue weighted by Crippen LogP contribution is 2.24. The monoisotopic (exact) mass is 239 g/mol. The van der Waals surface area contributed by atoms with Crippen molar-refractivity contribution in [2.24, 2.45) is 5.92 Å². The number of nitrogens with zero attached hydrogens (tertiary/aromatic N) is 1. The van der Waals surface area contributed by atoms with Crippen LogP contribution in [0.5, 0.6) is 0 Å². The third-order valence-electron chi connectivity index (χ3n) is 2.88. The Morgan fingerprint density at radius 2 is 1.94 bits per heavy atom. The van der Waals surface area contributed by atoms with Crippen LogP contribution in [0.3, 0.4) is 0 Å². The molecule has 1 fully saturated rings. The van der Waals surface area contributed by atoms with Crippen LogP contribution in [0.1, 0.15) is 26.2 Å². The van der Waals surface area contributed by atoms with Crippen LogP contribution in [0, 0.1) is 5.92 Å². The van der Waals surface area contributed by atoms with Crippen molar-refractivity contribution in [1.29, 1.82) is 0 Å². The van der Waals surface area contributed by atoms with Crippen LogP contribution < -0.4 is 0 Å². The van der Waals surface area contributed by atoms with Crippen LogP contribution in [-0.4, -0.2) is 41.3 Å². The molecule has 1 atom stereocenters. The predicted octanol–water partition coefficient (Wildman–Crippen LogP) is 1.56. The molecular formula is C10H16F3NO2. The molecule has 1 saturated heterocycles. The van der Waals surface area contributed by atoms with Crippen LogP contribution in [0.15, 0.2) is 0 Å². The molecule has 1 rings (SSSR count). The molecule has 0 aromatic carbocycles. The van der Waals surface area contributed by atoms with Crippen molar-refractivity contribution in [1.82, 2.24) is 4.90 Å². The number of carbonyl (C=O) groups excluding carboxylic acids is 1. The highest BCUT2D eigenvalue weighted by atomic mass is 19.4. The molecule has 1 amide bonds. The molecule has 0 aliphatic carbocycles. The van der Waals surface area contributed by atoms with Gasteiger partial charge < -0.3 is 10.0 Å². The molecule has 16 heavy (non-hydrogen) atoms. The molecule has 0 aromatic rings. The Bertz CT molecular complexity index is 247. The molecule has 1 aliphatic heterocycles. The number of rotatable bonds is 2. The zero-order valence-corrected chi connectivity index (χ0v) is 9.13. The maximum atomic E-state index is 12.0. The number of amides is 1. The van der Waals surface area contributed by atoms with Crippen LogP contribution in [0.2, 0.25) is 0 Å².